The number of nitrogens with one attached hydrogen (secondary N) is 1. The predicted octanol–water partition coefficient (Wildman–Crippen LogP) is 4.18. The summed E-state index contributed by atoms with van der Waals surface area (Å²) in [5.41, 5.74) is 6.73. The number of aliphatic hydroxyl groups is 1. The molecule has 0 saturated carbocycles. The first-order chi connectivity index (χ1) is 27.4. The molecule has 3 aliphatic heterocycles. The van der Waals surface area contributed by atoms with E-state index in [4.69, 9.17) is 15.2 Å². The number of urea groups is 1. The monoisotopic (exact) mass is 770 g/mol. The number of methoxy groups -OCH3 is 1. The lowest BCUT2D eigenvalue weighted by atomic mass is 9.65. The minimum Gasteiger partial charge on any atom is -0.508 e. The highest BCUT2D eigenvalue weighted by atomic mass is 16.6. The number of fused-ring (bicyclic) bond motifs is 3. The summed E-state index contributed by atoms with van der Waals surface area (Å²) < 4.78 is 11.3. The molecular formula is C44H42N4O9. The lowest BCUT2D eigenvalue weighted by molar-refractivity contribution is -0.178. The van der Waals surface area contributed by atoms with Crippen molar-refractivity contribution in [1.82, 2.24) is 10.2 Å². The second kappa shape index (κ2) is 15.6. The SMILES string of the molecule is COC(=O)[C@@H](NC(=O)N1C(=O)[C@@]2(c3cc(C#CCCO)ccc31)[C@H](C(N)=O)[C@H]1C(=O)O[C@H](c3ccccc3)[C@H](c3ccccc3)N1[C@@H]2c1ccc(O)cc1)C(C)C. The Morgan fingerprint density at radius 1 is 0.912 bits per heavy atom. The second-order valence-electron chi connectivity index (χ2n) is 14.6. The van der Waals surface area contributed by atoms with Crippen molar-refractivity contribution in [2.24, 2.45) is 17.6 Å². The Kier molecular flexibility index (Phi) is 10.6. The molecule has 4 aromatic rings. The molecule has 13 heteroatoms. The molecule has 4 aromatic carbocycles. The van der Waals surface area contributed by atoms with Crippen molar-refractivity contribution >= 4 is 35.5 Å². The number of cyclic esters (lactones) is 1. The Labute approximate surface area is 329 Å². The summed E-state index contributed by atoms with van der Waals surface area (Å²) in [6.07, 6.45) is -0.778. The number of amides is 4. The largest absolute Gasteiger partial charge is 0.508 e. The maximum absolute atomic E-state index is 15.8. The lowest BCUT2D eigenvalue weighted by Gasteiger charge is -2.46. The average molecular weight is 771 g/mol. The van der Waals surface area contributed by atoms with E-state index >= 15 is 4.79 Å². The summed E-state index contributed by atoms with van der Waals surface area (Å²) in [7, 11) is 1.19. The first-order valence-corrected chi connectivity index (χ1v) is 18.6. The van der Waals surface area contributed by atoms with Crippen molar-refractivity contribution in [3.63, 3.8) is 0 Å². The number of hydrogen-bond donors (Lipinski definition) is 4. The highest BCUT2D eigenvalue weighted by Gasteiger charge is 2.75. The number of benzene rings is 4. The van der Waals surface area contributed by atoms with E-state index in [1.807, 2.05) is 60.7 Å². The van der Waals surface area contributed by atoms with Gasteiger partial charge in [0.05, 0.1) is 37.4 Å². The molecule has 7 rings (SSSR count). The summed E-state index contributed by atoms with van der Waals surface area (Å²) in [5.74, 6) is 0.318. The van der Waals surface area contributed by atoms with Gasteiger partial charge in [-0.3, -0.25) is 19.3 Å². The number of anilines is 1. The molecule has 0 aliphatic carbocycles. The quantitative estimate of drug-likeness (QED) is 0.150. The van der Waals surface area contributed by atoms with Gasteiger partial charge in [0.1, 0.15) is 29.4 Å². The molecule has 0 unspecified atom stereocenters. The molecule has 0 aromatic heterocycles. The number of nitrogens with two attached hydrogens (primary N) is 1. The Hall–Kier alpha value is -6.49. The van der Waals surface area contributed by atoms with Gasteiger partial charge in [-0.15, -0.1) is 0 Å². The number of nitrogens with zero attached hydrogens (tertiary/aromatic N) is 2. The maximum atomic E-state index is 15.8. The number of phenolic OH excluding ortho intramolecular Hbond substituents is 1. The lowest BCUT2D eigenvalue weighted by Crippen LogP contribution is -2.57. The van der Waals surface area contributed by atoms with Gasteiger partial charge in [-0.05, 0) is 58.5 Å². The van der Waals surface area contributed by atoms with Crippen LogP contribution in [0.5, 0.6) is 5.75 Å². The highest BCUT2D eigenvalue weighted by molar-refractivity contribution is 6.25. The molecule has 4 amide bonds. The van der Waals surface area contributed by atoms with Crippen LogP contribution in [-0.2, 0) is 34.1 Å². The van der Waals surface area contributed by atoms with Crippen molar-refractivity contribution in [3.8, 4) is 17.6 Å². The van der Waals surface area contributed by atoms with Crippen LogP contribution in [0.3, 0.4) is 0 Å². The third-order valence-electron chi connectivity index (χ3n) is 11.0. The van der Waals surface area contributed by atoms with E-state index in [1.54, 1.807) is 43.0 Å². The fraction of sp³-hybridized carbons (Fsp3) is 0.295. The number of esters is 2. The van der Waals surface area contributed by atoms with E-state index < -0.39 is 77.3 Å². The fourth-order valence-electron chi connectivity index (χ4n) is 8.71. The van der Waals surface area contributed by atoms with Gasteiger partial charge in [-0.2, -0.15) is 0 Å². The van der Waals surface area contributed by atoms with Gasteiger partial charge in [0.2, 0.25) is 11.8 Å². The predicted molar refractivity (Wildman–Crippen MR) is 207 cm³/mol. The van der Waals surface area contributed by atoms with Gasteiger partial charge in [0.25, 0.3) is 0 Å². The van der Waals surface area contributed by atoms with Crippen molar-refractivity contribution in [1.29, 1.82) is 0 Å². The molecular weight excluding hydrogens is 729 g/mol. The summed E-state index contributed by atoms with van der Waals surface area (Å²) in [6.45, 7) is 3.22. The fourth-order valence-corrected chi connectivity index (χ4v) is 8.71. The number of morpholine rings is 1. The molecule has 57 heavy (non-hydrogen) atoms. The van der Waals surface area contributed by atoms with Crippen LogP contribution in [0.25, 0.3) is 0 Å². The average Bonchev–Trinajstić information content (AvgIpc) is 3.67. The van der Waals surface area contributed by atoms with Crippen LogP contribution < -0.4 is 16.0 Å². The second-order valence-corrected chi connectivity index (χ2v) is 14.6. The van der Waals surface area contributed by atoms with Gasteiger partial charge >= 0.3 is 18.0 Å². The zero-order valence-corrected chi connectivity index (χ0v) is 31.5. The minimum atomic E-state index is -2.09. The molecule has 0 bridgehead atoms. The number of carbonyl (C=O) groups is 5. The third-order valence-corrected chi connectivity index (χ3v) is 11.0. The van der Waals surface area contributed by atoms with E-state index in [0.717, 1.165) is 4.90 Å². The molecule has 3 aliphatic rings. The van der Waals surface area contributed by atoms with E-state index in [9.17, 15) is 29.4 Å². The first kappa shape index (κ1) is 38.8. The van der Waals surface area contributed by atoms with Crippen LogP contribution in [0.2, 0.25) is 0 Å². The van der Waals surface area contributed by atoms with Gasteiger partial charge in [-0.25, -0.2) is 14.5 Å². The maximum Gasteiger partial charge on any atom is 0.329 e. The van der Waals surface area contributed by atoms with Crippen LogP contribution in [0, 0.1) is 23.7 Å². The number of rotatable bonds is 8. The number of hydrogen-bond acceptors (Lipinski definition) is 10. The number of aromatic hydroxyl groups is 1. The zero-order valence-electron chi connectivity index (χ0n) is 31.5. The molecule has 0 radical (unpaired) electrons. The Morgan fingerprint density at radius 3 is 2.16 bits per heavy atom. The number of phenols is 1. The molecule has 3 heterocycles. The van der Waals surface area contributed by atoms with Crippen LogP contribution >= 0.6 is 0 Å². The molecule has 5 N–H and O–H groups in total. The summed E-state index contributed by atoms with van der Waals surface area (Å²) in [4.78, 5) is 74.9. The summed E-state index contributed by atoms with van der Waals surface area (Å²) >= 11 is 0. The van der Waals surface area contributed by atoms with Crippen LogP contribution in [0.4, 0.5) is 10.5 Å². The number of imide groups is 1. The molecule has 2 saturated heterocycles. The molecule has 13 nitrogen and oxygen atoms in total. The number of ether oxygens (including phenoxy) is 2. The number of carbonyl (C=O) groups excluding carboxylic acids is 5. The normalized spacial score (nSPS) is 24.2. The van der Waals surface area contributed by atoms with Crippen LogP contribution in [0.1, 0.15) is 66.3 Å². The van der Waals surface area contributed by atoms with Crippen molar-refractivity contribution in [2.75, 3.05) is 18.6 Å². The van der Waals surface area contributed by atoms with E-state index in [0.29, 0.717) is 22.3 Å². The Balaban J connectivity index is 1.55. The van der Waals surface area contributed by atoms with Crippen LogP contribution in [0.15, 0.2) is 103 Å². The molecule has 292 valence electrons. The Morgan fingerprint density at radius 2 is 1.56 bits per heavy atom. The van der Waals surface area contributed by atoms with Gasteiger partial charge in [0, 0.05) is 12.0 Å². The highest BCUT2D eigenvalue weighted by Crippen LogP contribution is 2.65. The van der Waals surface area contributed by atoms with E-state index in [-0.39, 0.29) is 30.0 Å². The van der Waals surface area contributed by atoms with E-state index in [2.05, 4.69) is 17.2 Å². The van der Waals surface area contributed by atoms with Gasteiger partial charge in [-0.1, -0.05) is 98.5 Å². The minimum absolute atomic E-state index is 0.0724. The van der Waals surface area contributed by atoms with E-state index in [1.165, 1.54) is 25.3 Å². The number of aliphatic hydroxyl groups excluding tert-OH is 1. The first-order valence-electron chi connectivity index (χ1n) is 18.6. The molecule has 2 fully saturated rings. The van der Waals surface area contributed by atoms with Crippen LogP contribution in [-0.4, -0.2) is 70.7 Å². The summed E-state index contributed by atoms with van der Waals surface area (Å²) in [6, 6.07) is 23.6. The van der Waals surface area contributed by atoms with Crippen molar-refractivity contribution in [3.05, 3.63) is 131 Å². The number of primary amides is 1. The third kappa shape index (κ3) is 6.46. The molecule has 7 atom stereocenters. The topological polar surface area (TPSA) is 189 Å². The van der Waals surface area contributed by atoms with Crippen molar-refractivity contribution in [2.45, 2.75) is 56.0 Å². The smallest absolute Gasteiger partial charge is 0.329 e. The zero-order chi connectivity index (χ0) is 40.6. The molecule has 1 spiro atoms. The van der Waals surface area contributed by atoms with Gasteiger partial charge < -0.3 is 30.7 Å². The summed E-state index contributed by atoms with van der Waals surface area (Å²) in [5, 5.41) is 22.6. The standard InChI is InChI=1S/C44H42N4O9/c1-25(2)34(40(52)56-3)46-43(55)47-32-22-17-26(12-10-11-23-49)24-31(32)44(42(47)54)33(39(45)51)36-41(53)57-37(28-15-8-5-9-16-28)35(27-13-6-4-7-14-27)48(36)38(44)29-18-20-30(50)21-19-29/h4-9,13-22,24-25,33-38,49-50H,11,23H2,1-3H3,(H2,45,51)(H,46,55)/t33-,34-,35-,36-,37+,38+,44-/m0/s1. The Bertz CT molecular complexity index is 2270. The van der Waals surface area contributed by atoms with Gasteiger partial charge in [0.15, 0.2) is 0 Å². The van der Waals surface area contributed by atoms with Crippen molar-refractivity contribution < 1.29 is 43.7 Å².